The first kappa shape index (κ1) is 17.6. The molecule has 2 rings (SSSR count). The molecule has 0 heterocycles. The number of carbonyl (C=O) groups is 1. The summed E-state index contributed by atoms with van der Waals surface area (Å²) in [4.78, 5) is 12.4. The van der Waals surface area contributed by atoms with Crippen molar-refractivity contribution in [2.24, 2.45) is 0 Å². The van der Waals surface area contributed by atoms with E-state index >= 15 is 0 Å². The van der Waals surface area contributed by atoms with Gasteiger partial charge in [0.2, 0.25) is 0 Å². The number of benzene rings is 2. The molecule has 0 saturated heterocycles. The number of phenolic OH excluding ortho intramolecular Hbond substituents is 1. The number of hydrogen-bond acceptors (Lipinski definition) is 4. The van der Waals surface area contributed by atoms with Crippen LogP contribution in [0.3, 0.4) is 0 Å². The van der Waals surface area contributed by atoms with E-state index in [1.165, 1.54) is 19.3 Å². The van der Waals surface area contributed by atoms with Gasteiger partial charge < -0.3 is 15.2 Å². The van der Waals surface area contributed by atoms with Gasteiger partial charge in [0.1, 0.15) is 23.1 Å². The maximum Gasteiger partial charge on any atom is 0.266 e. The first-order valence-electron chi connectivity index (χ1n) is 7.01. The number of halogens is 1. The molecule has 0 saturated carbocycles. The first-order chi connectivity index (χ1) is 11.4. The predicted octanol–water partition coefficient (Wildman–Crippen LogP) is 4.02. The minimum Gasteiger partial charge on any atom is -0.507 e. The lowest BCUT2D eigenvalue weighted by atomic mass is 10.1. The van der Waals surface area contributed by atoms with Gasteiger partial charge in [0.15, 0.2) is 0 Å². The second kappa shape index (κ2) is 7.66. The molecular formula is C18H15BrN2O3. The van der Waals surface area contributed by atoms with Crippen molar-refractivity contribution in [3.8, 4) is 17.6 Å². The standard InChI is InChI=1S/C18H15BrN2O3/c1-11-3-6-17(24-2)15(7-11)21-18(23)13(10-20)8-12-9-14(19)4-5-16(12)22/h3-9,22H,1-2H3,(H,21,23)/b13-8+. The van der Waals surface area contributed by atoms with E-state index in [9.17, 15) is 15.2 Å². The van der Waals surface area contributed by atoms with Gasteiger partial charge >= 0.3 is 0 Å². The molecule has 24 heavy (non-hydrogen) atoms. The number of nitrogens with one attached hydrogen (secondary N) is 1. The fourth-order valence-electron chi connectivity index (χ4n) is 2.05. The Morgan fingerprint density at radius 3 is 2.75 bits per heavy atom. The SMILES string of the molecule is COc1ccc(C)cc1NC(=O)/C(C#N)=C/c1cc(Br)ccc1O. The monoisotopic (exact) mass is 386 g/mol. The molecule has 0 radical (unpaired) electrons. The quantitative estimate of drug-likeness (QED) is 0.613. The molecule has 0 aliphatic heterocycles. The van der Waals surface area contributed by atoms with Crippen molar-refractivity contribution in [1.29, 1.82) is 5.26 Å². The van der Waals surface area contributed by atoms with Crippen LogP contribution in [0.4, 0.5) is 5.69 Å². The maximum absolute atomic E-state index is 12.4. The van der Waals surface area contributed by atoms with Crippen molar-refractivity contribution in [2.75, 3.05) is 12.4 Å². The molecule has 6 heteroatoms. The van der Waals surface area contributed by atoms with E-state index in [0.717, 1.165) is 10.0 Å². The zero-order valence-electron chi connectivity index (χ0n) is 13.1. The van der Waals surface area contributed by atoms with Crippen molar-refractivity contribution in [3.63, 3.8) is 0 Å². The van der Waals surface area contributed by atoms with Gasteiger partial charge in [0, 0.05) is 10.0 Å². The zero-order valence-corrected chi connectivity index (χ0v) is 14.7. The van der Waals surface area contributed by atoms with E-state index in [1.807, 2.05) is 19.1 Å². The molecule has 1 amide bonds. The minimum atomic E-state index is -0.583. The van der Waals surface area contributed by atoms with Crippen LogP contribution in [0.25, 0.3) is 6.08 Å². The molecular weight excluding hydrogens is 372 g/mol. The highest BCUT2D eigenvalue weighted by Gasteiger charge is 2.13. The number of amides is 1. The lowest BCUT2D eigenvalue weighted by molar-refractivity contribution is -0.112. The number of hydrogen-bond donors (Lipinski definition) is 2. The maximum atomic E-state index is 12.4. The second-order valence-corrected chi connectivity index (χ2v) is 5.95. The fourth-order valence-corrected chi connectivity index (χ4v) is 2.43. The van der Waals surface area contributed by atoms with Crippen molar-refractivity contribution >= 4 is 33.6 Å². The molecule has 0 spiro atoms. The normalized spacial score (nSPS) is 10.8. The average molecular weight is 387 g/mol. The molecule has 5 nitrogen and oxygen atoms in total. The molecule has 0 unspecified atom stereocenters. The summed E-state index contributed by atoms with van der Waals surface area (Å²) < 4.78 is 5.93. The van der Waals surface area contributed by atoms with Gasteiger partial charge in [-0.15, -0.1) is 0 Å². The molecule has 122 valence electrons. The Bertz CT molecular complexity index is 854. The Morgan fingerprint density at radius 1 is 1.33 bits per heavy atom. The molecule has 2 N–H and O–H groups in total. The van der Waals surface area contributed by atoms with Crippen molar-refractivity contribution in [3.05, 3.63) is 57.6 Å². The number of nitriles is 1. The summed E-state index contributed by atoms with van der Waals surface area (Å²) in [6.07, 6.45) is 1.33. The summed E-state index contributed by atoms with van der Waals surface area (Å²) >= 11 is 3.29. The van der Waals surface area contributed by atoms with Gasteiger partial charge in [0.05, 0.1) is 12.8 Å². The van der Waals surface area contributed by atoms with Crippen LogP contribution in [0.2, 0.25) is 0 Å². The number of aromatic hydroxyl groups is 1. The largest absolute Gasteiger partial charge is 0.507 e. The third-order valence-corrected chi connectivity index (χ3v) is 3.75. The summed E-state index contributed by atoms with van der Waals surface area (Å²) in [6, 6.07) is 12.0. The zero-order chi connectivity index (χ0) is 17.7. The van der Waals surface area contributed by atoms with E-state index in [4.69, 9.17) is 4.74 Å². The third kappa shape index (κ3) is 4.15. The molecule has 2 aromatic carbocycles. The van der Waals surface area contributed by atoms with Crippen molar-refractivity contribution in [2.45, 2.75) is 6.92 Å². The van der Waals surface area contributed by atoms with E-state index in [2.05, 4.69) is 21.2 Å². The molecule has 2 aromatic rings. The summed E-state index contributed by atoms with van der Waals surface area (Å²) in [5.41, 5.74) is 1.65. The van der Waals surface area contributed by atoms with Crippen LogP contribution in [-0.2, 0) is 4.79 Å². The number of ether oxygens (including phenoxy) is 1. The molecule has 0 aliphatic rings. The minimum absolute atomic E-state index is 0.0214. The van der Waals surface area contributed by atoms with Crippen LogP contribution in [0.5, 0.6) is 11.5 Å². The fraction of sp³-hybridized carbons (Fsp3) is 0.111. The number of carbonyl (C=O) groups excluding carboxylic acids is 1. The predicted molar refractivity (Wildman–Crippen MR) is 95.8 cm³/mol. The Hall–Kier alpha value is -2.78. The summed E-state index contributed by atoms with van der Waals surface area (Å²) in [7, 11) is 1.50. The molecule has 0 fully saturated rings. The topological polar surface area (TPSA) is 82.3 Å². The molecule has 0 atom stereocenters. The van der Waals surface area contributed by atoms with Crippen molar-refractivity contribution in [1.82, 2.24) is 0 Å². The van der Waals surface area contributed by atoms with Crippen LogP contribution >= 0.6 is 15.9 Å². The number of aryl methyl sites for hydroxylation is 1. The average Bonchev–Trinajstić information content (AvgIpc) is 2.55. The Balaban J connectivity index is 2.33. The lowest BCUT2D eigenvalue weighted by Gasteiger charge is -2.10. The molecule has 0 aliphatic carbocycles. The van der Waals surface area contributed by atoms with Gasteiger partial charge in [-0.1, -0.05) is 22.0 Å². The molecule has 0 aromatic heterocycles. The summed E-state index contributed by atoms with van der Waals surface area (Å²) in [5.74, 6) is -0.107. The van der Waals surface area contributed by atoms with E-state index < -0.39 is 5.91 Å². The van der Waals surface area contributed by atoms with Crippen molar-refractivity contribution < 1.29 is 14.6 Å². The van der Waals surface area contributed by atoms with Gasteiger partial charge in [-0.25, -0.2) is 0 Å². The highest BCUT2D eigenvalue weighted by molar-refractivity contribution is 9.10. The van der Waals surface area contributed by atoms with E-state index in [-0.39, 0.29) is 11.3 Å². The summed E-state index contributed by atoms with van der Waals surface area (Å²) in [5, 5.41) is 21.8. The molecule has 0 bridgehead atoms. The third-order valence-electron chi connectivity index (χ3n) is 3.26. The van der Waals surface area contributed by atoms with Crippen LogP contribution in [0.15, 0.2) is 46.4 Å². The van der Waals surface area contributed by atoms with Gasteiger partial charge in [0.25, 0.3) is 5.91 Å². The highest BCUT2D eigenvalue weighted by atomic mass is 79.9. The van der Waals surface area contributed by atoms with Crippen LogP contribution < -0.4 is 10.1 Å². The van der Waals surface area contributed by atoms with E-state index in [0.29, 0.717) is 17.0 Å². The van der Waals surface area contributed by atoms with E-state index in [1.54, 1.807) is 24.3 Å². The number of methoxy groups -OCH3 is 1. The smallest absolute Gasteiger partial charge is 0.266 e. The number of nitrogens with zero attached hydrogens (tertiary/aromatic N) is 1. The van der Waals surface area contributed by atoms with Gasteiger partial charge in [-0.3, -0.25) is 4.79 Å². The summed E-state index contributed by atoms with van der Waals surface area (Å²) in [6.45, 7) is 1.88. The number of rotatable bonds is 4. The Labute approximate surface area is 148 Å². The lowest BCUT2D eigenvalue weighted by Crippen LogP contribution is -2.14. The number of phenols is 1. The van der Waals surface area contributed by atoms with Crippen LogP contribution in [-0.4, -0.2) is 18.1 Å². The van der Waals surface area contributed by atoms with Crippen LogP contribution in [0.1, 0.15) is 11.1 Å². The van der Waals surface area contributed by atoms with Crippen LogP contribution in [0, 0.1) is 18.3 Å². The van der Waals surface area contributed by atoms with Gasteiger partial charge in [-0.05, 0) is 48.9 Å². The Kier molecular flexibility index (Phi) is 5.61. The first-order valence-corrected chi connectivity index (χ1v) is 7.80. The van der Waals surface area contributed by atoms with Gasteiger partial charge in [-0.2, -0.15) is 5.26 Å². The highest BCUT2D eigenvalue weighted by Crippen LogP contribution is 2.27. The number of anilines is 1. The second-order valence-electron chi connectivity index (χ2n) is 5.03. The Morgan fingerprint density at radius 2 is 2.08 bits per heavy atom.